The van der Waals surface area contributed by atoms with Crippen molar-refractivity contribution in [3.63, 3.8) is 0 Å². The first-order valence-corrected chi connectivity index (χ1v) is 7.81. The standard InChI is InChI=1S/C17H20FNO3/c18-13-5-1-10(2-6-13)7-8-19-16(20)14-11-3-4-12(9-11)15(14)17(21)22/h1-2,5-6,11-12,14-15H,3-4,7-9H2,(H,19,20)(H,21,22)/t11-,12+,14-,15+/m1/s1. The Bertz CT molecular complexity index is 572. The number of amides is 1. The van der Waals surface area contributed by atoms with E-state index in [-0.39, 0.29) is 29.5 Å². The highest BCUT2D eigenvalue weighted by Crippen LogP contribution is 2.52. The third kappa shape index (κ3) is 2.85. The molecule has 22 heavy (non-hydrogen) atoms. The molecule has 2 aliphatic rings. The van der Waals surface area contributed by atoms with Gasteiger partial charge in [0.15, 0.2) is 0 Å². The number of aliphatic carboxylic acids is 1. The van der Waals surface area contributed by atoms with Gasteiger partial charge in [0.05, 0.1) is 11.8 Å². The topological polar surface area (TPSA) is 66.4 Å². The molecule has 0 spiro atoms. The molecule has 1 amide bonds. The third-order valence-corrected chi connectivity index (χ3v) is 5.13. The minimum Gasteiger partial charge on any atom is -0.481 e. The maximum absolute atomic E-state index is 12.8. The summed E-state index contributed by atoms with van der Waals surface area (Å²) in [6, 6.07) is 6.18. The van der Waals surface area contributed by atoms with E-state index in [4.69, 9.17) is 0 Å². The number of nitrogens with one attached hydrogen (secondary N) is 1. The summed E-state index contributed by atoms with van der Waals surface area (Å²) in [5, 5.41) is 12.2. The van der Waals surface area contributed by atoms with E-state index in [0.717, 1.165) is 24.8 Å². The summed E-state index contributed by atoms with van der Waals surface area (Å²) in [5.74, 6) is -1.78. The van der Waals surface area contributed by atoms with Gasteiger partial charge in [-0.15, -0.1) is 0 Å². The van der Waals surface area contributed by atoms with Gasteiger partial charge in [0.1, 0.15) is 5.82 Å². The van der Waals surface area contributed by atoms with Crippen LogP contribution in [0.4, 0.5) is 4.39 Å². The van der Waals surface area contributed by atoms with Crippen molar-refractivity contribution in [2.24, 2.45) is 23.7 Å². The number of rotatable bonds is 5. The highest BCUT2D eigenvalue weighted by Gasteiger charge is 2.53. The van der Waals surface area contributed by atoms with Crippen LogP contribution in [0.2, 0.25) is 0 Å². The Morgan fingerprint density at radius 2 is 1.77 bits per heavy atom. The van der Waals surface area contributed by atoms with Crippen molar-refractivity contribution in [3.05, 3.63) is 35.6 Å². The van der Waals surface area contributed by atoms with Gasteiger partial charge in [0.25, 0.3) is 0 Å². The summed E-state index contributed by atoms with van der Waals surface area (Å²) in [5.41, 5.74) is 0.949. The molecule has 3 rings (SSSR count). The Morgan fingerprint density at radius 3 is 2.41 bits per heavy atom. The van der Waals surface area contributed by atoms with E-state index in [2.05, 4.69) is 5.32 Å². The van der Waals surface area contributed by atoms with Crippen molar-refractivity contribution >= 4 is 11.9 Å². The maximum atomic E-state index is 12.8. The lowest BCUT2D eigenvalue weighted by Gasteiger charge is -2.27. The molecule has 2 N–H and O–H groups in total. The van der Waals surface area contributed by atoms with Gasteiger partial charge in [-0.05, 0) is 55.2 Å². The van der Waals surface area contributed by atoms with Gasteiger partial charge >= 0.3 is 5.97 Å². The van der Waals surface area contributed by atoms with Crippen molar-refractivity contribution in [2.45, 2.75) is 25.7 Å². The predicted octanol–water partition coefficient (Wildman–Crippen LogP) is 2.23. The van der Waals surface area contributed by atoms with Crippen molar-refractivity contribution in [1.29, 1.82) is 0 Å². The molecule has 2 fully saturated rings. The number of carbonyl (C=O) groups is 2. The number of fused-ring (bicyclic) bond motifs is 2. The Kier molecular flexibility index (Phi) is 4.14. The zero-order chi connectivity index (χ0) is 15.7. The molecule has 4 nitrogen and oxygen atoms in total. The Hall–Kier alpha value is -1.91. The van der Waals surface area contributed by atoms with Gasteiger partial charge in [0.2, 0.25) is 5.91 Å². The van der Waals surface area contributed by atoms with E-state index in [9.17, 15) is 19.1 Å². The van der Waals surface area contributed by atoms with Crippen molar-refractivity contribution in [3.8, 4) is 0 Å². The van der Waals surface area contributed by atoms with Crippen molar-refractivity contribution in [2.75, 3.05) is 6.54 Å². The Morgan fingerprint density at radius 1 is 1.14 bits per heavy atom. The summed E-state index contributed by atoms with van der Waals surface area (Å²) in [7, 11) is 0. The van der Waals surface area contributed by atoms with E-state index >= 15 is 0 Å². The van der Waals surface area contributed by atoms with Gasteiger partial charge in [-0.1, -0.05) is 12.1 Å². The molecule has 0 heterocycles. The van der Waals surface area contributed by atoms with E-state index in [0.29, 0.717) is 13.0 Å². The molecular formula is C17H20FNO3. The van der Waals surface area contributed by atoms with Gasteiger partial charge in [-0.3, -0.25) is 9.59 Å². The molecule has 2 bridgehead atoms. The van der Waals surface area contributed by atoms with E-state index in [1.165, 1.54) is 12.1 Å². The van der Waals surface area contributed by atoms with E-state index in [1.54, 1.807) is 12.1 Å². The van der Waals surface area contributed by atoms with Crippen molar-refractivity contribution < 1.29 is 19.1 Å². The lowest BCUT2D eigenvalue weighted by atomic mass is 9.78. The zero-order valence-corrected chi connectivity index (χ0v) is 12.3. The second-order valence-electron chi connectivity index (χ2n) is 6.39. The van der Waals surface area contributed by atoms with Crippen LogP contribution in [0, 0.1) is 29.5 Å². The first-order valence-electron chi connectivity index (χ1n) is 7.81. The fourth-order valence-electron chi connectivity index (χ4n) is 4.12. The fourth-order valence-corrected chi connectivity index (χ4v) is 4.12. The molecule has 0 aliphatic heterocycles. The molecule has 0 aromatic heterocycles. The van der Waals surface area contributed by atoms with Crippen LogP contribution in [0.5, 0.6) is 0 Å². The van der Waals surface area contributed by atoms with Gasteiger partial charge in [-0.25, -0.2) is 4.39 Å². The molecular weight excluding hydrogens is 285 g/mol. The van der Waals surface area contributed by atoms with Crippen LogP contribution < -0.4 is 5.32 Å². The molecule has 0 radical (unpaired) electrons. The average Bonchev–Trinajstić information content (AvgIpc) is 3.09. The third-order valence-electron chi connectivity index (χ3n) is 5.13. The maximum Gasteiger partial charge on any atom is 0.307 e. The highest BCUT2D eigenvalue weighted by molar-refractivity contribution is 5.86. The van der Waals surface area contributed by atoms with Crippen LogP contribution in [0.3, 0.4) is 0 Å². The minimum absolute atomic E-state index is 0.137. The van der Waals surface area contributed by atoms with Gasteiger partial charge < -0.3 is 10.4 Å². The van der Waals surface area contributed by atoms with E-state index in [1.807, 2.05) is 0 Å². The molecule has 0 unspecified atom stereocenters. The number of hydrogen-bond acceptors (Lipinski definition) is 2. The monoisotopic (exact) mass is 305 g/mol. The summed E-state index contributed by atoms with van der Waals surface area (Å²) in [6.07, 6.45) is 3.38. The summed E-state index contributed by atoms with van der Waals surface area (Å²) in [6.45, 7) is 0.449. The minimum atomic E-state index is -0.842. The van der Waals surface area contributed by atoms with Crippen LogP contribution in [-0.2, 0) is 16.0 Å². The van der Waals surface area contributed by atoms with Gasteiger partial charge in [-0.2, -0.15) is 0 Å². The quantitative estimate of drug-likeness (QED) is 0.876. The zero-order valence-electron chi connectivity index (χ0n) is 12.3. The fraction of sp³-hybridized carbons (Fsp3) is 0.529. The molecule has 2 saturated carbocycles. The average molecular weight is 305 g/mol. The molecule has 4 atom stereocenters. The molecule has 2 aliphatic carbocycles. The number of halogens is 1. The highest BCUT2D eigenvalue weighted by atomic mass is 19.1. The number of carboxylic acid groups (broad SMARTS) is 1. The molecule has 0 saturated heterocycles. The molecule has 1 aromatic carbocycles. The van der Waals surface area contributed by atoms with Crippen LogP contribution in [0.1, 0.15) is 24.8 Å². The normalized spacial score (nSPS) is 29.5. The largest absolute Gasteiger partial charge is 0.481 e. The van der Waals surface area contributed by atoms with Crippen LogP contribution in [0.25, 0.3) is 0 Å². The SMILES string of the molecule is O=C(NCCc1ccc(F)cc1)[C@@H]1[C@@H]2CC[C@@H](C2)[C@@H]1C(=O)O. The summed E-state index contributed by atoms with van der Waals surface area (Å²) in [4.78, 5) is 23.8. The van der Waals surface area contributed by atoms with Gasteiger partial charge in [0, 0.05) is 6.54 Å². The first-order chi connectivity index (χ1) is 10.6. The Labute approximate surface area is 128 Å². The number of hydrogen-bond donors (Lipinski definition) is 2. The van der Waals surface area contributed by atoms with E-state index < -0.39 is 11.9 Å². The number of carbonyl (C=O) groups excluding carboxylic acids is 1. The van der Waals surface area contributed by atoms with Crippen LogP contribution >= 0.6 is 0 Å². The smallest absolute Gasteiger partial charge is 0.307 e. The molecule has 5 heteroatoms. The van der Waals surface area contributed by atoms with Crippen molar-refractivity contribution in [1.82, 2.24) is 5.32 Å². The first kappa shape index (κ1) is 15.0. The predicted molar refractivity (Wildman–Crippen MR) is 78.6 cm³/mol. The van der Waals surface area contributed by atoms with Crippen LogP contribution in [-0.4, -0.2) is 23.5 Å². The summed E-state index contributed by atoms with van der Waals surface area (Å²) >= 11 is 0. The Balaban J connectivity index is 1.55. The second kappa shape index (κ2) is 6.07. The second-order valence-corrected chi connectivity index (χ2v) is 6.39. The molecule has 1 aromatic rings. The summed E-state index contributed by atoms with van der Waals surface area (Å²) < 4.78 is 12.8. The number of benzene rings is 1. The molecule has 118 valence electrons. The van der Waals surface area contributed by atoms with Crippen LogP contribution in [0.15, 0.2) is 24.3 Å². The number of carboxylic acids is 1. The lowest BCUT2D eigenvalue weighted by Crippen LogP contribution is -2.41. The lowest BCUT2D eigenvalue weighted by molar-refractivity contribution is -0.149.